The summed E-state index contributed by atoms with van der Waals surface area (Å²) in [6, 6.07) is 4.32. The molecular formula is C20H20F2N6O2. The first-order valence-electron chi connectivity index (χ1n) is 9.53. The third-order valence-electron chi connectivity index (χ3n) is 5.71. The molecule has 0 aliphatic carbocycles. The number of benzene rings is 1. The molecule has 2 aliphatic rings. The summed E-state index contributed by atoms with van der Waals surface area (Å²) in [5, 5.41) is 16.1. The third-order valence-corrected chi connectivity index (χ3v) is 5.71. The number of alkyl halides is 1. The summed E-state index contributed by atoms with van der Waals surface area (Å²) in [5.74, 6) is -0.975. The first kappa shape index (κ1) is 19.8. The molecule has 0 fully saturated rings. The maximum atomic E-state index is 13.5. The maximum Gasteiger partial charge on any atom is 0.322 e. The Balaban J connectivity index is 1.60. The third kappa shape index (κ3) is 3.16. The zero-order chi connectivity index (χ0) is 21.6. The number of carbonyl (C=O) groups excluding carboxylic acids is 2. The lowest BCUT2D eigenvalue weighted by Crippen LogP contribution is -2.48. The van der Waals surface area contributed by atoms with Crippen molar-refractivity contribution in [3.8, 4) is 6.07 Å². The van der Waals surface area contributed by atoms with Crippen molar-refractivity contribution in [2.24, 2.45) is 0 Å². The minimum atomic E-state index is -0.660. The maximum absolute atomic E-state index is 13.5. The highest BCUT2D eigenvalue weighted by atomic mass is 19.1. The van der Waals surface area contributed by atoms with Gasteiger partial charge >= 0.3 is 6.03 Å². The second-order valence-corrected chi connectivity index (χ2v) is 7.60. The summed E-state index contributed by atoms with van der Waals surface area (Å²) in [4.78, 5) is 28.6. The van der Waals surface area contributed by atoms with Gasteiger partial charge in [0.1, 0.15) is 24.3 Å². The number of aromatic nitrogens is 2. The highest BCUT2D eigenvalue weighted by Crippen LogP contribution is 2.30. The number of carbonyl (C=O) groups is 2. The van der Waals surface area contributed by atoms with Crippen molar-refractivity contribution < 1.29 is 18.4 Å². The van der Waals surface area contributed by atoms with Gasteiger partial charge in [-0.1, -0.05) is 0 Å². The van der Waals surface area contributed by atoms with Gasteiger partial charge in [0.2, 0.25) is 0 Å². The van der Waals surface area contributed by atoms with Gasteiger partial charge < -0.3 is 15.1 Å². The molecule has 3 heterocycles. The van der Waals surface area contributed by atoms with Gasteiger partial charge in [0.25, 0.3) is 5.91 Å². The standard InChI is InChI=1S/C20H20F2N6O2/c1-11-5-17-15(18-19(29)26(2)14(7-21)9-28(18)25-17)10-27(11)20(30)24-13-3-4-16(22)12(6-13)8-23/h3-4,6,11,14H,5,7,9-10H2,1-2H3,(H,24,30)/t11-,14-/m1/s1. The van der Waals surface area contributed by atoms with Crippen LogP contribution in [0.5, 0.6) is 0 Å². The van der Waals surface area contributed by atoms with Gasteiger partial charge in [0.15, 0.2) is 0 Å². The van der Waals surface area contributed by atoms with Crippen LogP contribution >= 0.6 is 0 Å². The van der Waals surface area contributed by atoms with E-state index in [0.29, 0.717) is 23.4 Å². The Labute approximate surface area is 171 Å². The molecule has 0 unspecified atom stereocenters. The van der Waals surface area contributed by atoms with E-state index < -0.39 is 24.6 Å². The average molecular weight is 414 g/mol. The largest absolute Gasteiger partial charge is 0.333 e. The van der Waals surface area contributed by atoms with Crippen LogP contribution in [0.1, 0.15) is 34.2 Å². The number of halogens is 2. The highest BCUT2D eigenvalue weighted by Gasteiger charge is 2.39. The van der Waals surface area contributed by atoms with Crippen LogP contribution in [0.25, 0.3) is 0 Å². The topological polar surface area (TPSA) is 94.3 Å². The quantitative estimate of drug-likeness (QED) is 0.816. The molecule has 156 valence electrons. The summed E-state index contributed by atoms with van der Waals surface area (Å²) in [6.07, 6.45) is 0.451. The molecule has 0 spiro atoms. The molecule has 10 heteroatoms. The van der Waals surface area contributed by atoms with Crippen molar-refractivity contribution in [1.29, 1.82) is 5.26 Å². The van der Waals surface area contributed by atoms with Crippen LogP contribution < -0.4 is 5.32 Å². The van der Waals surface area contributed by atoms with E-state index in [1.54, 1.807) is 22.7 Å². The van der Waals surface area contributed by atoms with Gasteiger partial charge in [-0.3, -0.25) is 9.48 Å². The van der Waals surface area contributed by atoms with Gasteiger partial charge in [-0.2, -0.15) is 10.4 Å². The zero-order valence-electron chi connectivity index (χ0n) is 16.5. The second kappa shape index (κ2) is 7.40. The van der Waals surface area contributed by atoms with Crippen LogP contribution in [-0.4, -0.2) is 57.3 Å². The average Bonchev–Trinajstić information content (AvgIpc) is 3.08. The number of amides is 3. The Kier molecular flexibility index (Phi) is 4.89. The van der Waals surface area contributed by atoms with E-state index in [0.717, 1.165) is 11.8 Å². The molecule has 1 aromatic carbocycles. The van der Waals surface area contributed by atoms with Crippen LogP contribution in [-0.2, 0) is 19.5 Å². The van der Waals surface area contributed by atoms with Crippen LogP contribution in [0.4, 0.5) is 19.3 Å². The predicted octanol–water partition coefficient (Wildman–Crippen LogP) is 2.30. The summed E-state index contributed by atoms with van der Waals surface area (Å²) in [6.45, 7) is 1.65. The number of likely N-dealkylation sites (N-methyl/N-ethyl adjacent to an activating group) is 1. The lowest BCUT2D eigenvalue weighted by Gasteiger charge is -2.34. The summed E-state index contributed by atoms with van der Waals surface area (Å²) in [7, 11) is 1.56. The SMILES string of the molecule is C[C@@H]1Cc2nn3c(c2CN1C(=O)Nc1ccc(F)c(C#N)c1)C(=O)N(C)[C@H](CF)C3. The number of hydrogen-bond acceptors (Lipinski definition) is 4. The van der Waals surface area contributed by atoms with E-state index in [1.807, 2.05) is 6.92 Å². The van der Waals surface area contributed by atoms with Crippen molar-refractivity contribution in [3.63, 3.8) is 0 Å². The van der Waals surface area contributed by atoms with Crippen LogP contribution in [0, 0.1) is 17.1 Å². The molecule has 0 saturated heterocycles. The van der Waals surface area contributed by atoms with Crippen molar-refractivity contribution >= 4 is 17.6 Å². The zero-order valence-corrected chi connectivity index (χ0v) is 16.5. The molecule has 30 heavy (non-hydrogen) atoms. The van der Waals surface area contributed by atoms with E-state index in [2.05, 4.69) is 10.4 Å². The van der Waals surface area contributed by atoms with E-state index in [1.165, 1.54) is 17.0 Å². The minimum absolute atomic E-state index is 0.163. The second-order valence-electron chi connectivity index (χ2n) is 7.60. The Morgan fingerprint density at radius 3 is 2.90 bits per heavy atom. The molecule has 8 nitrogen and oxygen atoms in total. The molecule has 1 aromatic heterocycles. The summed E-state index contributed by atoms with van der Waals surface area (Å²) >= 11 is 0. The number of nitrogens with zero attached hydrogens (tertiary/aromatic N) is 5. The van der Waals surface area contributed by atoms with Gasteiger partial charge in [-0.25, -0.2) is 13.6 Å². The highest BCUT2D eigenvalue weighted by molar-refractivity contribution is 5.96. The smallest absolute Gasteiger partial charge is 0.322 e. The minimum Gasteiger partial charge on any atom is -0.333 e. The number of fused-ring (bicyclic) bond motifs is 3. The number of hydrogen-bond donors (Lipinski definition) is 1. The first-order valence-corrected chi connectivity index (χ1v) is 9.53. The van der Waals surface area contributed by atoms with Crippen LogP contribution in [0.15, 0.2) is 18.2 Å². The Hall–Kier alpha value is -3.48. The van der Waals surface area contributed by atoms with Crippen molar-refractivity contribution in [3.05, 3.63) is 46.5 Å². The van der Waals surface area contributed by atoms with E-state index in [9.17, 15) is 18.4 Å². The number of rotatable bonds is 2. The van der Waals surface area contributed by atoms with Crippen molar-refractivity contribution in [1.82, 2.24) is 19.6 Å². The molecule has 0 bridgehead atoms. The van der Waals surface area contributed by atoms with Gasteiger partial charge in [0.05, 0.1) is 30.4 Å². The Morgan fingerprint density at radius 2 is 2.20 bits per heavy atom. The first-order chi connectivity index (χ1) is 14.3. The van der Waals surface area contributed by atoms with E-state index >= 15 is 0 Å². The molecule has 2 aliphatic heterocycles. The monoisotopic (exact) mass is 414 g/mol. The number of nitrogens with one attached hydrogen (secondary N) is 1. The molecule has 0 saturated carbocycles. The predicted molar refractivity (Wildman–Crippen MR) is 103 cm³/mol. The van der Waals surface area contributed by atoms with Gasteiger partial charge in [0, 0.05) is 30.8 Å². The molecule has 1 N–H and O–H groups in total. The summed E-state index contributed by atoms with van der Waals surface area (Å²) in [5.41, 5.74) is 1.92. The lowest BCUT2D eigenvalue weighted by molar-refractivity contribution is 0.0609. The molecule has 3 amide bonds. The van der Waals surface area contributed by atoms with Crippen molar-refractivity contribution in [2.45, 2.75) is 38.5 Å². The fourth-order valence-corrected chi connectivity index (χ4v) is 3.93. The van der Waals surface area contributed by atoms with E-state index in [-0.39, 0.29) is 30.6 Å². The number of anilines is 1. The van der Waals surface area contributed by atoms with Crippen LogP contribution in [0.2, 0.25) is 0 Å². The van der Waals surface area contributed by atoms with Crippen LogP contribution in [0.3, 0.4) is 0 Å². The van der Waals surface area contributed by atoms with E-state index in [4.69, 9.17) is 5.26 Å². The van der Waals surface area contributed by atoms with Crippen molar-refractivity contribution in [2.75, 3.05) is 19.0 Å². The van der Waals surface area contributed by atoms with Gasteiger partial charge in [-0.05, 0) is 25.1 Å². The Morgan fingerprint density at radius 1 is 1.43 bits per heavy atom. The fraction of sp³-hybridized carbons (Fsp3) is 0.400. The molecule has 2 aromatic rings. The molecule has 4 rings (SSSR count). The number of nitriles is 1. The fourth-order valence-electron chi connectivity index (χ4n) is 3.93. The molecular weight excluding hydrogens is 394 g/mol. The lowest BCUT2D eigenvalue weighted by atomic mass is 9.98. The normalized spacial score (nSPS) is 20.4. The molecule has 2 atom stereocenters. The summed E-state index contributed by atoms with van der Waals surface area (Å²) < 4.78 is 28.3. The van der Waals surface area contributed by atoms with Gasteiger partial charge in [-0.15, -0.1) is 0 Å². The molecule has 0 radical (unpaired) electrons. The number of urea groups is 1. The Bertz CT molecular complexity index is 1080.